The van der Waals surface area contributed by atoms with Gasteiger partial charge in [0.15, 0.2) is 0 Å². The fraction of sp³-hybridized carbons (Fsp3) is 0.529. The van der Waals surface area contributed by atoms with Gasteiger partial charge in [-0.1, -0.05) is 54.4 Å². The molecule has 0 amide bonds. The van der Waals surface area contributed by atoms with Gasteiger partial charge in [-0.25, -0.2) is 0 Å². The van der Waals surface area contributed by atoms with Crippen molar-refractivity contribution in [3.05, 3.63) is 47.1 Å². The summed E-state index contributed by atoms with van der Waals surface area (Å²) in [6.45, 7) is 18.5. The highest BCUT2D eigenvalue weighted by molar-refractivity contribution is 5.29. The molecule has 0 radical (unpaired) electrons. The lowest BCUT2D eigenvalue weighted by atomic mass is 10.1. The minimum absolute atomic E-state index is 1.09. The molecule has 98 valence electrons. The maximum atomic E-state index is 3.90. The van der Waals surface area contributed by atoms with E-state index in [1.54, 1.807) is 0 Å². The summed E-state index contributed by atoms with van der Waals surface area (Å²) in [5, 5.41) is 0. The maximum Gasteiger partial charge on any atom is -0.0291 e. The number of rotatable bonds is 5. The van der Waals surface area contributed by atoms with Crippen LogP contribution in [0.5, 0.6) is 0 Å². The Labute approximate surface area is 109 Å². The Hall–Kier alpha value is -1.04. The molecule has 0 atom stereocenters. The minimum Gasteiger partial charge on any atom is -0.100 e. The largest absolute Gasteiger partial charge is 0.100 e. The average Bonchev–Trinajstić information content (AvgIpc) is 2.18. The summed E-state index contributed by atoms with van der Waals surface area (Å²) in [7, 11) is 0. The van der Waals surface area contributed by atoms with E-state index in [9.17, 15) is 0 Å². The molecule has 0 aromatic carbocycles. The van der Waals surface area contributed by atoms with E-state index >= 15 is 0 Å². The average molecular weight is 234 g/mol. The lowest BCUT2D eigenvalue weighted by molar-refractivity contribution is 0.976. The van der Waals surface area contributed by atoms with Crippen molar-refractivity contribution in [1.82, 2.24) is 0 Å². The first kappa shape index (κ1) is 18.3. The van der Waals surface area contributed by atoms with Crippen molar-refractivity contribution in [3.8, 4) is 0 Å². The number of hydrogen-bond donors (Lipinski definition) is 0. The molecule has 0 nitrogen and oxygen atoms in total. The zero-order valence-corrected chi connectivity index (χ0v) is 12.9. The molecule has 0 saturated carbocycles. The van der Waals surface area contributed by atoms with Crippen molar-refractivity contribution < 1.29 is 0 Å². The van der Waals surface area contributed by atoms with Crippen molar-refractivity contribution in [3.63, 3.8) is 0 Å². The maximum absolute atomic E-state index is 3.90. The van der Waals surface area contributed by atoms with E-state index in [4.69, 9.17) is 0 Å². The van der Waals surface area contributed by atoms with Crippen LogP contribution in [0.25, 0.3) is 0 Å². The van der Waals surface area contributed by atoms with Crippen LogP contribution in [-0.4, -0.2) is 0 Å². The van der Waals surface area contributed by atoms with Crippen molar-refractivity contribution in [2.24, 2.45) is 0 Å². The standard InChI is InChI=1S/C15H24.C2H6/c1-12(2)8-7-9-14(5)11-15(6)10-13(3)4;1-2/h9-11H,1,7-8H2,2-6H3;1-2H3/b14-9+,15-11+;. The topological polar surface area (TPSA) is 0 Å². The molecule has 0 aliphatic carbocycles. The fourth-order valence-corrected chi connectivity index (χ4v) is 1.46. The summed E-state index contributed by atoms with van der Waals surface area (Å²) in [5.74, 6) is 0. The second-order valence-electron chi connectivity index (χ2n) is 4.55. The Morgan fingerprint density at radius 2 is 1.41 bits per heavy atom. The molecule has 0 aliphatic rings. The van der Waals surface area contributed by atoms with Crippen LogP contribution in [0.3, 0.4) is 0 Å². The highest BCUT2D eigenvalue weighted by Gasteiger charge is 1.88. The normalized spacial score (nSPS) is 11.5. The molecule has 0 rings (SSSR count). The minimum atomic E-state index is 1.09. The molecular weight excluding hydrogens is 204 g/mol. The highest BCUT2D eigenvalue weighted by atomic mass is 13.9. The van der Waals surface area contributed by atoms with Gasteiger partial charge < -0.3 is 0 Å². The van der Waals surface area contributed by atoms with Gasteiger partial charge in [0, 0.05) is 0 Å². The quantitative estimate of drug-likeness (QED) is 0.391. The Bertz CT molecular complexity index is 294. The van der Waals surface area contributed by atoms with Crippen LogP contribution >= 0.6 is 0 Å². The van der Waals surface area contributed by atoms with E-state index in [1.165, 1.54) is 22.3 Å². The summed E-state index contributed by atoms with van der Waals surface area (Å²) in [5.41, 5.74) is 5.26. The highest BCUT2D eigenvalue weighted by Crippen LogP contribution is 2.09. The second-order valence-corrected chi connectivity index (χ2v) is 4.55. The molecule has 0 unspecified atom stereocenters. The van der Waals surface area contributed by atoms with Crippen LogP contribution in [-0.2, 0) is 0 Å². The monoisotopic (exact) mass is 234 g/mol. The predicted octanol–water partition coefficient (Wildman–Crippen LogP) is 6.23. The van der Waals surface area contributed by atoms with Gasteiger partial charge in [0.25, 0.3) is 0 Å². The van der Waals surface area contributed by atoms with Crippen LogP contribution in [0.1, 0.15) is 61.3 Å². The first-order valence-electron chi connectivity index (χ1n) is 6.56. The fourth-order valence-electron chi connectivity index (χ4n) is 1.46. The van der Waals surface area contributed by atoms with Gasteiger partial charge in [-0.3, -0.25) is 0 Å². The molecular formula is C17H30. The van der Waals surface area contributed by atoms with Crippen molar-refractivity contribution >= 4 is 0 Å². The van der Waals surface area contributed by atoms with Gasteiger partial charge in [0.1, 0.15) is 0 Å². The Morgan fingerprint density at radius 1 is 0.882 bits per heavy atom. The molecule has 0 saturated heterocycles. The lowest BCUT2D eigenvalue weighted by Gasteiger charge is -1.98. The van der Waals surface area contributed by atoms with Gasteiger partial charge in [0.2, 0.25) is 0 Å². The van der Waals surface area contributed by atoms with Crippen LogP contribution in [0.2, 0.25) is 0 Å². The lowest BCUT2D eigenvalue weighted by Crippen LogP contribution is -1.77. The summed E-state index contributed by atoms with van der Waals surface area (Å²) in [6, 6.07) is 0. The SMILES string of the molecule is C=C(C)CC/C=C(C)/C=C(\C)C=C(C)C.CC. The molecule has 0 aliphatic heterocycles. The first-order chi connectivity index (χ1) is 7.91. The second kappa shape index (κ2) is 11.4. The molecule has 0 fully saturated rings. The Morgan fingerprint density at radius 3 is 1.82 bits per heavy atom. The number of allylic oxidation sites excluding steroid dienone is 7. The first-order valence-corrected chi connectivity index (χ1v) is 6.56. The van der Waals surface area contributed by atoms with Gasteiger partial charge in [-0.15, -0.1) is 6.58 Å². The third-order valence-electron chi connectivity index (χ3n) is 2.01. The van der Waals surface area contributed by atoms with Crippen molar-refractivity contribution in [2.45, 2.75) is 61.3 Å². The molecule has 0 N–H and O–H groups in total. The third-order valence-corrected chi connectivity index (χ3v) is 2.01. The Kier molecular flexibility index (Phi) is 12.3. The van der Waals surface area contributed by atoms with E-state index in [2.05, 4.69) is 59.4 Å². The zero-order valence-electron chi connectivity index (χ0n) is 12.9. The van der Waals surface area contributed by atoms with Gasteiger partial charge in [0.05, 0.1) is 0 Å². The molecule has 0 heterocycles. The number of hydrogen-bond acceptors (Lipinski definition) is 0. The van der Waals surface area contributed by atoms with E-state index in [0.717, 1.165) is 12.8 Å². The molecule has 17 heavy (non-hydrogen) atoms. The molecule has 0 spiro atoms. The molecule has 0 aromatic heterocycles. The van der Waals surface area contributed by atoms with Crippen LogP contribution in [0.4, 0.5) is 0 Å². The van der Waals surface area contributed by atoms with Gasteiger partial charge in [-0.2, -0.15) is 0 Å². The van der Waals surface area contributed by atoms with Crippen molar-refractivity contribution in [1.29, 1.82) is 0 Å². The summed E-state index contributed by atoms with van der Waals surface area (Å²) >= 11 is 0. The van der Waals surface area contributed by atoms with E-state index < -0.39 is 0 Å². The van der Waals surface area contributed by atoms with E-state index in [0.29, 0.717) is 0 Å². The van der Waals surface area contributed by atoms with E-state index in [-0.39, 0.29) is 0 Å². The molecule has 0 bridgehead atoms. The van der Waals surface area contributed by atoms with Crippen LogP contribution in [0.15, 0.2) is 47.1 Å². The van der Waals surface area contributed by atoms with Gasteiger partial charge >= 0.3 is 0 Å². The molecule has 0 aromatic rings. The summed E-state index contributed by atoms with van der Waals surface area (Å²) in [6.07, 6.45) is 8.89. The van der Waals surface area contributed by atoms with Crippen molar-refractivity contribution in [2.75, 3.05) is 0 Å². The van der Waals surface area contributed by atoms with E-state index in [1.807, 2.05) is 13.8 Å². The van der Waals surface area contributed by atoms with Gasteiger partial charge in [-0.05, 0) is 47.5 Å². The molecule has 0 heteroatoms. The van der Waals surface area contributed by atoms with Crippen LogP contribution < -0.4 is 0 Å². The zero-order chi connectivity index (χ0) is 13.8. The predicted molar refractivity (Wildman–Crippen MR) is 82.3 cm³/mol. The van der Waals surface area contributed by atoms with Crippen LogP contribution in [0, 0.1) is 0 Å². The smallest absolute Gasteiger partial charge is 0.0291 e. The Balaban J connectivity index is 0. The summed E-state index contributed by atoms with van der Waals surface area (Å²) in [4.78, 5) is 0. The summed E-state index contributed by atoms with van der Waals surface area (Å²) < 4.78 is 0. The third kappa shape index (κ3) is 15.0.